The van der Waals surface area contributed by atoms with E-state index in [1.54, 1.807) is 25.1 Å². The van der Waals surface area contributed by atoms with E-state index in [1.807, 2.05) is 0 Å². The lowest BCUT2D eigenvalue weighted by molar-refractivity contribution is -0.137. The van der Waals surface area contributed by atoms with Gasteiger partial charge in [0.05, 0.1) is 27.3 Å². The third kappa shape index (κ3) is 7.59. The van der Waals surface area contributed by atoms with Crippen molar-refractivity contribution in [2.45, 2.75) is 37.9 Å². The molecule has 3 rings (SSSR count). The molecule has 2 aromatic rings. The fourth-order valence-electron chi connectivity index (χ4n) is 4.37. The van der Waals surface area contributed by atoms with Crippen molar-refractivity contribution >= 4 is 39.1 Å². The monoisotopic (exact) mass is 597 g/mol. The second-order valence-corrected chi connectivity index (χ2v) is 12.4. The maximum atomic E-state index is 14.3. The number of alkyl halides is 3. The Hall–Kier alpha value is -1.92. The first-order valence-electron chi connectivity index (χ1n) is 11.9. The van der Waals surface area contributed by atoms with E-state index in [-0.39, 0.29) is 22.0 Å². The molecule has 1 fully saturated rings. The number of sulfonamides is 1. The zero-order valence-electron chi connectivity index (χ0n) is 20.9. The molecule has 0 saturated carbocycles. The molecular formula is C25H29Cl2F4N3O3S. The fraction of sp³-hybridized carbons (Fsp3) is 0.480. The normalized spacial score (nSPS) is 17.6. The van der Waals surface area contributed by atoms with Crippen LogP contribution in [0.1, 0.15) is 36.5 Å². The molecule has 1 saturated heterocycles. The number of carbonyl (C=O) groups is 1. The summed E-state index contributed by atoms with van der Waals surface area (Å²) in [5, 5.41) is 3.11. The minimum atomic E-state index is -4.65. The van der Waals surface area contributed by atoms with Crippen LogP contribution in [-0.2, 0) is 33.0 Å². The molecule has 0 aromatic heterocycles. The lowest BCUT2D eigenvalue weighted by atomic mass is 9.78. The maximum absolute atomic E-state index is 14.3. The van der Waals surface area contributed by atoms with E-state index < -0.39 is 45.4 Å². The number of rotatable bonds is 8. The molecule has 1 unspecified atom stereocenters. The summed E-state index contributed by atoms with van der Waals surface area (Å²) in [6.45, 7) is 3.48. The molecule has 0 aliphatic carbocycles. The van der Waals surface area contributed by atoms with Crippen molar-refractivity contribution in [3.63, 3.8) is 0 Å². The molecule has 1 N–H and O–H groups in total. The minimum absolute atomic E-state index is 0.227. The molecule has 38 heavy (non-hydrogen) atoms. The van der Waals surface area contributed by atoms with Crippen LogP contribution in [0.4, 0.5) is 17.6 Å². The van der Waals surface area contributed by atoms with Gasteiger partial charge in [0.2, 0.25) is 15.9 Å². The summed E-state index contributed by atoms with van der Waals surface area (Å²) in [4.78, 5) is 15.6. The highest BCUT2D eigenvalue weighted by Gasteiger charge is 2.37. The molecule has 1 atom stereocenters. The third-order valence-electron chi connectivity index (χ3n) is 6.81. The van der Waals surface area contributed by atoms with Crippen LogP contribution in [0.2, 0.25) is 10.0 Å². The Kier molecular flexibility index (Phi) is 9.73. The van der Waals surface area contributed by atoms with Crippen molar-refractivity contribution in [1.82, 2.24) is 14.5 Å². The summed E-state index contributed by atoms with van der Waals surface area (Å²) in [5.74, 6) is -1.39. The zero-order valence-corrected chi connectivity index (χ0v) is 23.2. The SMILES string of the molecule is CC(CCN1CCCN(S(C)(=O)=O)CC1)(C(=O)NCc1cc(C(F)(F)F)ccc1F)c1ccc(Cl)c(Cl)c1. The first-order chi connectivity index (χ1) is 17.6. The van der Waals surface area contributed by atoms with Gasteiger partial charge in [0.25, 0.3) is 0 Å². The van der Waals surface area contributed by atoms with E-state index in [2.05, 4.69) is 10.2 Å². The standard InChI is InChI=1S/C25H29Cl2F4N3O3S/c1-24(18-4-6-20(26)21(27)15-18,8-11-33-9-3-10-34(13-12-33)38(2,36)37)23(35)32-16-17-14-19(25(29,30)31)5-7-22(17)28/h4-7,14-15H,3,8-13,16H2,1-2H3,(H,32,35). The Labute approximate surface area is 229 Å². The molecule has 0 radical (unpaired) electrons. The fourth-order valence-corrected chi connectivity index (χ4v) is 5.54. The van der Waals surface area contributed by atoms with Crippen molar-refractivity contribution in [3.8, 4) is 0 Å². The van der Waals surface area contributed by atoms with Gasteiger partial charge in [-0.3, -0.25) is 4.79 Å². The van der Waals surface area contributed by atoms with E-state index in [1.165, 1.54) is 10.6 Å². The Morgan fingerprint density at radius 3 is 2.32 bits per heavy atom. The number of hydrogen-bond acceptors (Lipinski definition) is 4. The summed E-state index contributed by atoms with van der Waals surface area (Å²) in [6.07, 6.45) is -2.58. The lowest BCUT2D eigenvalue weighted by Crippen LogP contribution is -2.45. The summed E-state index contributed by atoms with van der Waals surface area (Å²) in [5.41, 5.74) is -1.98. The van der Waals surface area contributed by atoms with Gasteiger partial charge in [-0.25, -0.2) is 17.1 Å². The molecule has 1 aliphatic heterocycles. The average molecular weight is 598 g/mol. The predicted molar refractivity (Wildman–Crippen MR) is 139 cm³/mol. The number of halogens is 6. The Bertz CT molecular complexity index is 1280. The number of benzene rings is 2. The molecule has 1 heterocycles. The van der Waals surface area contributed by atoms with Crippen LogP contribution in [0.15, 0.2) is 36.4 Å². The smallest absolute Gasteiger partial charge is 0.351 e. The van der Waals surface area contributed by atoms with Crippen LogP contribution in [0.25, 0.3) is 0 Å². The van der Waals surface area contributed by atoms with Gasteiger partial charge < -0.3 is 10.2 Å². The van der Waals surface area contributed by atoms with Crippen molar-refractivity contribution in [2.24, 2.45) is 0 Å². The zero-order chi connectivity index (χ0) is 28.3. The van der Waals surface area contributed by atoms with Gasteiger partial charge in [-0.05, 0) is 68.8 Å². The van der Waals surface area contributed by atoms with Gasteiger partial charge in [-0.1, -0.05) is 29.3 Å². The van der Waals surface area contributed by atoms with Crippen LogP contribution in [0.3, 0.4) is 0 Å². The van der Waals surface area contributed by atoms with Crippen LogP contribution in [0, 0.1) is 5.82 Å². The summed E-state index contributed by atoms with van der Waals surface area (Å²) < 4.78 is 78.8. The highest BCUT2D eigenvalue weighted by molar-refractivity contribution is 7.88. The van der Waals surface area contributed by atoms with Crippen LogP contribution in [-0.4, -0.2) is 62.5 Å². The van der Waals surface area contributed by atoms with Crippen LogP contribution < -0.4 is 5.32 Å². The number of nitrogens with one attached hydrogen (secondary N) is 1. The van der Waals surface area contributed by atoms with Gasteiger partial charge in [0.15, 0.2) is 0 Å². The second kappa shape index (κ2) is 12.1. The summed E-state index contributed by atoms with van der Waals surface area (Å²) in [6, 6.07) is 6.80. The number of carbonyl (C=O) groups excluding carboxylic acids is 1. The average Bonchev–Trinajstić information content (AvgIpc) is 3.09. The van der Waals surface area contributed by atoms with Crippen LogP contribution >= 0.6 is 23.2 Å². The quantitative estimate of drug-likeness (QED) is 0.431. The summed E-state index contributed by atoms with van der Waals surface area (Å²) in [7, 11) is -3.32. The predicted octanol–water partition coefficient (Wildman–Crippen LogP) is 5.08. The van der Waals surface area contributed by atoms with Crippen molar-refractivity contribution in [2.75, 3.05) is 39.0 Å². The minimum Gasteiger partial charge on any atom is -0.351 e. The van der Waals surface area contributed by atoms with Gasteiger partial charge in [0.1, 0.15) is 5.82 Å². The van der Waals surface area contributed by atoms with E-state index in [0.29, 0.717) is 56.8 Å². The highest BCUT2D eigenvalue weighted by Crippen LogP contribution is 2.34. The van der Waals surface area contributed by atoms with E-state index >= 15 is 0 Å². The molecule has 210 valence electrons. The lowest BCUT2D eigenvalue weighted by Gasteiger charge is -2.32. The number of nitrogens with zero attached hydrogens (tertiary/aromatic N) is 2. The number of amides is 1. The Balaban J connectivity index is 1.81. The van der Waals surface area contributed by atoms with Gasteiger partial charge in [-0.2, -0.15) is 13.2 Å². The molecule has 6 nitrogen and oxygen atoms in total. The molecule has 13 heteroatoms. The van der Waals surface area contributed by atoms with E-state index in [0.717, 1.165) is 6.07 Å². The molecule has 1 amide bonds. The number of hydrogen-bond donors (Lipinski definition) is 1. The molecule has 0 bridgehead atoms. The molecule has 0 spiro atoms. The van der Waals surface area contributed by atoms with Crippen LogP contribution in [0.5, 0.6) is 0 Å². The first kappa shape index (κ1) is 30.6. The van der Waals surface area contributed by atoms with Gasteiger partial charge in [0, 0.05) is 31.7 Å². The van der Waals surface area contributed by atoms with E-state index in [9.17, 15) is 30.8 Å². The second-order valence-electron chi connectivity index (χ2n) is 9.55. The van der Waals surface area contributed by atoms with Gasteiger partial charge in [-0.15, -0.1) is 0 Å². The van der Waals surface area contributed by atoms with Crippen molar-refractivity contribution in [3.05, 3.63) is 69.0 Å². The van der Waals surface area contributed by atoms with Crippen molar-refractivity contribution < 1.29 is 30.8 Å². The van der Waals surface area contributed by atoms with Gasteiger partial charge >= 0.3 is 6.18 Å². The van der Waals surface area contributed by atoms with Crippen molar-refractivity contribution in [1.29, 1.82) is 0 Å². The topological polar surface area (TPSA) is 69.7 Å². The third-order valence-corrected chi connectivity index (χ3v) is 8.86. The molecule has 1 aliphatic rings. The summed E-state index contributed by atoms with van der Waals surface area (Å²) >= 11 is 12.3. The first-order valence-corrected chi connectivity index (χ1v) is 14.5. The largest absolute Gasteiger partial charge is 0.416 e. The maximum Gasteiger partial charge on any atom is 0.416 e. The van der Waals surface area contributed by atoms with E-state index in [4.69, 9.17) is 23.2 Å². The molecule has 2 aromatic carbocycles. The Morgan fingerprint density at radius 2 is 1.68 bits per heavy atom. The highest BCUT2D eigenvalue weighted by atomic mass is 35.5. The Morgan fingerprint density at radius 1 is 1.00 bits per heavy atom. The molecular weight excluding hydrogens is 569 g/mol.